The number of hydrogen-bond acceptors (Lipinski definition) is 5. The van der Waals surface area contributed by atoms with Gasteiger partial charge in [-0.15, -0.1) is 0 Å². The van der Waals surface area contributed by atoms with Gasteiger partial charge in [-0.05, 0) is 18.9 Å². The summed E-state index contributed by atoms with van der Waals surface area (Å²) >= 11 is 1.18. The molecule has 0 unspecified atom stereocenters. The summed E-state index contributed by atoms with van der Waals surface area (Å²) in [6, 6.07) is 3.28. The van der Waals surface area contributed by atoms with Crippen LogP contribution in [-0.2, 0) is 6.54 Å². The Labute approximate surface area is 104 Å². The average Bonchev–Trinajstić information content (AvgIpc) is 2.88. The first-order valence-electron chi connectivity index (χ1n) is 5.75. The molecule has 6 heteroatoms. The highest BCUT2D eigenvalue weighted by atomic mass is 32.1. The minimum atomic E-state index is -0.566. The van der Waals surface area contributed by atoms with E-state index in [1.54, 1.807) is 6.07 Å². The zero-order valence-corrected chi connectivity index (χ0v) is 10.3. The van der Waals surface area contributed by atoms with Gasteiger partial charge in [0.2, 0.25) is 0 Å². The van der Waals surface area contributed by atoms with Gasteiger partial charge in [0, 0.05) is 24.0 Å². The SMILES string of the molecule is O=[N+]([O-])c1ccc(CNCC2(O)CCCC2)s1. The van der Waals surface area contributed by atoms with Gasteiger partial charge in [0.15, 0.2) is 0 Å². The van der Waals surface area contributed by atoms with Crippen LogP contribution in [0.15, 0.2) is 12.1 Å². The highest BCUT2D eigenvalue weighted by molar-refractivity contribution is 7.15. The Morgan fingerprint density at radius 3 is 2.76 bits per heavy atom. The van der Waals surface area contributed by atoms with Gasteiger partial charge in [0.05, 0.1) is 10.5 Å². The minimum Gasteiger partial charge on any atom is -0.389 e. The highest BCUT2D eigenvalue weighted by Crippen LogP contribution is 2.29. The molecule has 2 N–H and O–H groups in total. The van der Waals surface area contributed by atoms with E-state index in [4.69, 9.17) is 0 Å². The lowest BCUT2D eigenvalue weighted by atomic mass is 10.0. The molecule has 0 atom stereocenters. The molecule has 0 spiro atoms. The number of nitrogens with zero attached hydrogens (tertiary/aromatic N) is 1. The molecule has 1 aromatic rings. The molecule has 17 heavy (non-hydrogen) atoms. The maximum Gasteiger partial charge on any atom is 0.324 e. The van der Waals surface area contributed by atoms with Crippen LogP contribution < -0.4 is 5.32 Å². The number of nitro groups is 1. The quantitative estimate of drug-likeness (QED) is 0.624. The second-order valence-electron chi connectivity index (χ2n) is 4.53. The second-order valence-corrected chi connectivity index (χ2v) is 5.68. The highest BCUT2D eigenvalue weighted by Gasteiger charge is 2.30. The lowest BCUT2D eigenvalue weighted by Crippen LogP contribution is -2.37. The van der Waals surface area contributed by atoms with Crippen molar-refractivity contribution in [3.63, 3.8) is 0 Å². The third-order valence-corrected chi connectivity index (χ3v) is 4.15. The fourth-order valence-corrected chi connectivity index (χ4v) is 2.98. The van der Waals surface area contributed by atoms with Crippen LogP contribution in [0.4, 0.5) is 5.00 Å². The van der Waals surface area contributed by atoms with E-state index in [1.807, 2.05) is 0 Å². The average molecular weight is 256 g/mol. The third kappa shape index (κ3) is 3.24. The zero-order valence-electron chi connectivity index (χ0n) is 9.52. The van der Waals surface area contributed by atoms with Gasteiger partial charge in [-0.2, -0.15) is 0 Å². The third-order valence-electron chi connectivity index (χ3n) is 3.11. The van der Waals surface area contributed by atoms with Crippen LogP contribution in [0.25, 0.3) is 0 Å². The van der Waals surface area contributed by atoms with E-state index < -0.39 is 5.60 Å². The summed E-state index contributed by atoms with van der Waals surface area (Å²) < 4.78 is 0. The summed E-state index contributed by atoms with van der Waals surface area (Å²) in [5.41, 5.74) is -0.566. The van der Waals surface area contributed by atoms with Gasteiger partial charge in [0.25, 0.3) is 0 Å². The van der Waals surface area contributed by atoms with Crippen molar-refractivity contribution < 1.29 is 10.0 Å². The maximum atomic E-state index is 10.5. The van der Waals surface area contributed by atoms with Gasteiger partial charge in [-0.25, -0.2) is 0 Å². The Bertz CT molecular complexity index is 399. The van der Waals surface area contributed by atoms with Crippen LogP contribution in [0.5, 0.6) is 0 Å². The van der Waals surface area contributed by atoms with Crippen molar-refractivity contribution in [1.29, 1.82) is 0 Å². The zero-order chi connectivity index (χ0) is 12.3. The fourth-order valence-electron chi connectivity index (χ4n) is 2.19. The molecule has 0 bridgehead atoms. The summed E-state index contributed by atoms with van der Waals surface area (Å²) in [6.07, 6.45) is 3.88. The smallest absolute Gasteiger partial charge is 0.324 e. The van der Waals surface area contributed by atoms with Crippen molar-refractivity contribution in [2.75, 3.05) is 6.54 Å². The second kappa shape index (κ2) is 5.12. The van der Waals surface area contributed by atoms with Crippen molar-refractivity contribution >= 4 is 16.3 Å². The summed E-state index contributed by atoms with van der Waals surface area (Å²) in [7, 11) is 0. The Morgan fingerprint density at radius 1 is 1.47 bits per heavy atom. The lowest BCUT2D eigenvalue weighted by molar-refractivity contribution is -0.380. The van der Waals surface area contributed by atoms with Crippen molar-refractivity contribution in [3.05, 3.63) is 27.1 Å². The number of aliphatic hydroxyl groups is 1. The van der Waals surface area contributed by atoms with Crippen molar-refractivity contribution in [1.82, 2.24) is 5.32 Å². The van der Waals surface area contributed by atoms with Crippen LogP contribution in [0, 0.1) is 10.1 Å². The van der Waals surface area contributed by atoms with Crippen LogP contribution in [0.1, 0.15) is 30.6 Å². The lowest BCUT2D eigenvalue weighted by Gasteiger charge is -2.22. The Morgan fingerprint density at radius 2 is 2.18 bits per heavy atom. The number of thiophene rings is 1. The van der Waals surface area contributed by atoms with E-state index in [0.717, 1.165) is 30.6 Å². The molecule has 1 fully saturated rings. The molecule has 94 valence electrons. The Hall–Kier alpha value is -0.980. The molecule has 0 saturated heterocycles. The Kier molecular flexibility index (Phi) is 3.76. The fraction of sp³-hybridized carbons (Fsp3) is 0.636. The Balaban J connectivity index is 1.79. The molecule has 0 aromatic carbocycles. The molecule has 2 rings (SSSR count). The normalized spacial score (nSPS) is 18.4. The monoisotopic (exact) mass is 256 g/mol. The summed E-state index contributed by atoms with van der Waals surface area (Å²) in [4.78, 5) is 11.1. The molecular formula is C11H16N2O3S. The summed E-state index contributed by atoms with van der Waals surface area (Å²) in [5.74, 6) is 0. The van der Waals surface area contributed by atoms with E-state index in [1.165, 1.54) is 17.4 Å². The molecule has 0 aliphatic heterocycles. The molecule has 1 aromatic heterocycles. The van der Waals surface area contributed by atoms with Gasteiger partial charge in [-0.1, -0.05) is 24.2 Å². The van der Waals surface area contributed by atoms with Gasteiger partial charge in [0.1, 0.15) is 0 Å². The van der Waals surface area contributed by atoms with Gasteiger partial charge >= 0.3 is 5.00 Å². The first-order valence-corrected chi connectivity index (χ1v) is 6.57. The van der Waals surface area contributed by atoms with Crippen LogP contribution in [0.2, 0.25) is 0 Å². The molecule has 1 aliphatic carbocycles. The standard InChI is InChI=1S/C11H16N2O3S/c14-11(5-1-2-6-11)8-12-7-9-3-4-10(17-9)13(15)16/h3-4,12,14H,1-2,5-8H2. The van der Waals surface area contributed by atoms with Crippen LogP contribution in [-0.4, -0.2) is 22.2 Å². The molecule has 1 aliphatic rings. The predicted octanol–water partition coefficient (Wildman–Crippen LogP) is 2.05. The topological polar surface area (TPSA) is 75.4 Å². The minimum absolute atomic E-state index is 0.168. The van der Waals surface area contributed by atoms with Crippen molar-refractivity contribution in [2.45, 2.75) is 37.8 Å². The maximum absolute atomic E-state index is 10.5. The summed E-state index contributed by atoms with van der Waals surface area (Å²) in [6.45, 7) is 1.15. The van der Waals surface area contributed by atoms with Crippen LogP contribution in [0.3, 0.4) is 0 Å². The molecule has 1 saturated carbocycles. The molecular weight excluding hydrogens is 240 g/mol. The van der Waals surface area contributed by atoms with Gasteiger partial charge < -0.3 is 10.4 Å². The predicted molar refractivity (Wildman–Crippen MR) is 66.1 cm³/mol. The van der Waals surface area contributed by atoms with Crippen LogP contribution >= 0.6 is 11.3 Å². The van der Waals surface area contributed by atoms with E-state index >= 15 is 0 Å². The number of nitrogens with one attached hydrogen (secondary N) is 1. The molecule has 0 amide bonds. The van der Waals surface area contributed by atoms with Gasteiger partial charge in [-0.3, -0.25) is 10.1 Å². The van der Waals surface area contributed by atoms with E-state index in [-0.39, 0.29) is 9.92 Å². The van der Waals surface area contributed by atoms with Crippen molar-refractivity contribution in [3.8, 4) is 0 Å². The molecule has 1 heterocycles. The van der Waals surface area contributed by atoms with Crippen molar-refractivity contribution in [2.24, 2.45) is 0 Å². The largest absolute Gasteiger partial charge is 0.389 e. The summed E-state index contributed by atoms with van der Waals surface area (Å²) in [5, 5.41) is 23.9. The molecule has 0 radical (unpaired) electrons. The number of rotatable bonds is 5. The van der Waals surface area contributed by atoms with E-state index in [9.17, 15) is 15.2 Å². The first-order chi connectivity index (χ1) is 8.09. The van der Waals surface area contributed by atoms with E-state index in [0.29, 0.717) is 13.1 Å². The first kappa shape index (κ1) is 12.5. The van der Waals surface area contributed by atoms with E-state index in [2.05, 4.69) is 5.32 Å². The number of hydrogen-bond donors (Lipinski definition) is 2. The molecule has 5 nitrogen and oxygen atoms in total.